The fraction of sp³-hybridized carbons (Fsp3) is 0.417. The van der Waals surface area contributed by atoms with Crippen LogP contribution in [0.4, 0.5) is 18.9 Å². The van der Waals surface area contributed by atoms with Gasteiger partial charge in [0.2, 0.25) is 0 Å². The summed E-state index contributed by atoms with van der Waals surface area (Å²) >= 11 is 3.00. The summed E-state index contributed by atoms with van der Waals surface area (Å²) in [5.41, 5.74) is -1.78. The maximum atomic E-state index is 12.5. The van der Waals surface area contributed by atoms with Gasteiger partial charge in [0.1, 0.15) is 4.83 Å². The average molecular weight is 370 g/mol. The van der Waals surface area contributed by atoms with Gasteiger partial charge in [-0.15, -0.1) is 0 Å². The van der Waals surface area contributed by atoms with Crippen molar-refractivity contribution in [2.24, 2.45) is 0 Å². The summed E-state index contributed by atoms with van der Waals surface area (Å²) in [5, 5.41) is 10.9. The van der Waals surface area contributed by atoms with Gasteiger partial charge in [-0.05, 0) is 13.0 Å². The number of hydrogen-bond donors (Lipinski definition) is 0. The van der Waals surface area contributed by atoms with Crippen LogP contribution in [0.15, 0.2) is 18.2 Å². The maximum absolute atomic E-state index is 12.5. The number of rotatable bonds is 5. The Labute approximate surface area is 126 Å². The van der Waals surface area contributed by atoms with E-state index in [0.29, 0.717) is 6.07 Å². The fourth-order valence-corrected chi connectivity index (χ4v) is 2.07. The third kappa shape index (κ3) is 4.69. The molecule has 0 spiro atoms. The molecular weight excluding hydrogens is 359 g/mol. The van der Waals surface area contributed by atoms with Crippen molar-refractivity contribution in [3.05, 3.63) is 39.4 Å². The van der Waals surface area contributed by atoms with Crippen LogP contribution in [0.1, 0.15) is 18.1 Å². The Balaban J connectivity index is 3.08. The molecule has 0 saturated carbocycles. The number of carbonyl (C=O) groups is 1. The fourth-order valence-electron chi connectivity index (χ4n) is 1.59. The first-order valence-corrected chi connectivity index (χ1v) is 6.73. The Bertz CT molecular complexity index is 548. The molecule has 1 aromatic carbocycles. The van der Waals surface area contributed by atoms with E-state index in [-0.39, 0.29) is 18.6 Å². The molecule has 1 atom stereocenters. The number of halogens is 4. The van der Waals surface area contributed by atoms with Crippen LogP contribution in [0.5, 0.6) is 0 Å². The minimum atomic E-state index is -4.67. The lowest BCUT2D eigenvalue weighted by molar-refractivity contribution is -0.385. The van der Waals surface area contributed by atoms with E-state index in [9.17, 15) is 28.1 Å². The molecule has 0 fully saturated rings. The molecule has 0 saturated heterocycles. The number of benzene rings is 1. The molecule has 0 bridgehead atoms. The first-order valence-electron chi connectivity index (χ1n) is 5.82. The second-order valence-corrected chi connectivity index (χ2v) is 5.13. The molecule has 9 heteroatoms. The standard InChI is InChI=1S/C12H11BrF3NO4/c1-2-21-11(18)9(13)5-7-3-4-8(12(14,15)16)6-10(7)17(19)20/h3-4,6,9H,2,5H2,1H3. The summed E-state index contributed by atoms with van der Waals surface area (Å²) in [6, 6.07) is 2.20. The summed E-state index contributed by atoms with van der Waals surface area (Å²) < 4.78 is 42.4. The third-order valence-corrected chi connectivity index (χ3v) is 3.25. The van der Waals surface area contributed by atoms with E-state index in [1.54, 1.807) is 6.92 Å². The highest BCUT2D eigenvalue weighted by Gasteiger charge is 2.33. The SMILES string of the molecule is CCOC(=O)C(Br)Cc1ccc(C(F)(F)F)cc1[N+](=O)[O-]. The van der Waals surface area contributed by atoms with E-state index >= 15 is 0 Å². The van der Waals surface area contributed by atoms with Crippen molar-refractivity contribution < 1.29 is 27.6 Å². The molecule has 0 amide bonds. The highest BCUT2D eigenvalue weighted by molar-refractivity contribution is 9.10. The van der Waals surface area contributed by atoms with Crippen molar-refractivity contribution in [2.45, 2.75) is 24.3 Å². The number of alkyl halides is 4. The topological polar surface area (TPSA) is 69.4 Å². The Morgan fingerprint density at radius 1 is 1.48 bits per heavy atom. The van der Waals surface area contributed by atoms with Crippen molar-refractivity contribution in [2.75, 3.05) is 6.61 Å². The van der Waals surface area contributed by atoms with E-state index in [0.717, 1.165) is 12.1 Å². The van der Waals surface area contributed by atoms with Crippen molar-refractivity contribution in [3.8, 4) is 0 Å². The number of hydrogen-bond acceptors (Lipinski definition) is 4. The predicted molar refractivity (Wildman–Crippen MR) is 71.2 cm³/mol. The molecule has 1 aromatic rings. The van der Waals surface area contributed by atoms with Crippen LogP contribution in [-0.2, 0) is 22.1 Å². The molecule has 1 rings (SSSR count). The highest BCUT2D eigenvalue weighted by Crippen LogP contribution is 2.33. The monoisotopic (exact) mass is 369 g/mol. The molecule has 0 aliphatic rings. The molecule has 0 aromatic heterocycles. The van der Waals surface area contributed by atoms with Crippen molar-refractivity contribution in [3.63, 3.8) is 0 Å². The molecule has 0 aliphatic carbocycles. The van der Waals surface area contributed by atoms with Gasteiger partial charge in [-0.25, -0.2) is 0 Å². The van der Waals surface area contributed by atoms with Crippen molar-refractivity contribution in [1.29, 1.82) is 0 Å². The molecule has 0 N–H and O–H groups in total. The van der Waals surface area contributed by atoms with Gasteiger partial charge in [0, 0.05) is 18.1 Å². The molecule has 21 heavy (non-hydrogen) atoms. The van der Waals surface area contributed by atoms with Crippen LogP contribution in [0.25, 0.3) is 0 Å². The number of esters is 1. The van der Waals surface area contributed by atoms with Gasteiger partial charge >= 0.3 is 12.1 Å². The normalized spacial score (nSPS) is 12.8. The zero-order valence-corrected chi connectivity index (χ0v) is 12.4. The lowest BCUT2D eigenvalue weighted by atomic mass is 10.0. The maximum Gasteiger partial charge on any atom is 0.416 e. The first-order chi connectivity index (χ1) is 9.66. The number of carbonyl (C=O) groups excluding carboxylic acids is 1. The average Bonchev–Trinajstić information content (AvgIpc) is 2.37. The van der Waals surface area contributed by atoms with Gasteiger partial charge in [0.15, 0.2) is 0 Å². The number of nitro groups is 1. The summed E-state index contributed by atoms with van der Waals surface area (Å²) in [6.45, 7) is 1.73. The Morgan fingerprint density at radius 2 is 2.10 bits per heavy atom. The van der Waals surface area contributed by atoms with Gasteiger partial charge in [-0.3, -0.25) is 14.9 Å². The number of nitro benzene ring substituents is 1. The first kappa shape index (κ1) is 17.4. The molecule has 0 aliphatic heterocycles. The zero-order valence-electron chi connectivity index (χ0n) is 10.8. The van der Waals surface area contributed by atoms with Crippen molar-refractivity contribution >= 4 is 27.6 Å². The molecular formula is C12H11BrF3NO4. The van der Waals surface area contributed by atoms with Gasteiger partial charge in [0.25, 0.3) is 5.69 Å². The van der Waals surface area contributed by atoms with Crippen LogP contribution < -0.4 is 0 Å². The number of ether oxygens (including phenoxy) is 1. The van der Waals surface area contributed by atoms with Crippen LogP contribution in [0.2, 0.25) is 0 Å². The lowest BCUT2D eigenvalue weighted by Gasteiger charge is -2.11. The summed E-state index contributed by atoms with van der Waals surface area (Å²) in [7, 11) is 0. The third-order valence-electron chi connectivity index (χ3n) is 2.55. The molecule has 116 valence electrons. The predicted octanol–water partition coefficient (Wildman–Crippen LogP) is 3.48. The summed E-state index contributed by atoms with van der Waals surface area (Å²) in [5.74, 6) is -0.633. The second kappa shape index (κ2) is 6.88. The van der Waals surface area contributed by atoms with Crippen LogP contribution in [-0.4, -0.2) is 22.3 Å². The second-order valence-electron chi connectivity index (χ2n) is 4.02. The molecule has 0 radical (unpaired) electrons. The van der Waals surface area contributed by atoms with E-state index in [2.05, 4.69) is 15.9 Å². The van der Waals surface area contributed by atoms with Gasteiger partial charge in [-0.1, -0.05) is 22.0 Å². The minimum absolute atomic E-state index is 0.0166. The molecule has 5 nitrogen and oxygen atoms in total. The Hall–Kier alpha value is -1.64. The van der Waals surface area contributed by atoms with E-state index in [1.807, 2.05) is 0 Å². The van der Waals surface area contributed by atoms with E-state index < -0.39 is 33.1 Å². The minimum Gasteiger partial charge on any atom is -0.465 e. The van der Waals surface area contributed by atoms with Gasteiger partial charge in [0.05, 0.1) is 17.1 Å². The van der Waals surface area contributed by atoms with Gasteiger partial charge in [-0.2, -0.15) is 13.2 Å². The lowest BCUT2D eigenvalue weighted by Crippen LogP contribution is -2.20. The zero-order chi connectivity index (χ0) is 16.2. The molecule has 1 unspecified atom stereocenters. The Morgan fingerprint density at radius 3 is 2.57 bits per heavy atom. The van der Waals surface area contributed by atoms with Crippen LogP contribution in [0, 0.1) is 10.1 Å². The molecule has 0 heterocycles. The highest BCUT2D eigenvalue weighted by atomic mass is 79.9. The quantitative estimate of drug-likeness (QED) is 0.344. The van der Waals surface area contributed by atoms with Gasteiger partial charge < -0.3 is 4.74 Å². The van der Waals surface area contributed by atoms with Crippen LogP contribution >= 0.6 is 15.9 Å². The van der Waals surface area contributed by atoms with Crippen LogP contribution in [0.3, 0.4) is 0 Å². The Kier molecular flexibility index (Phi) is 5.70. The summed E-state index contributed by atoms with van der Waals surface area (Å²) in [4.78, 5) is 20.5. The van der Waals surface area contributed by atoms with E-state index in [1.165, 1.54) is 0 Å². The smallest absolute Gasteiger partial charge is 0.416 e. The number of nitrogens with zero attached hydrogens (tertiary/aromatic N) is 1. The largest absolute Gasteiger partial charge is 0.465 e. The summed E-state index contributed by atoms with van der Waals surface area (Å²) in [6.07, 6.45) is -4.81. The van der Waals surface area contributed by atoms with E-state index in [4.69, 9.17) is 4.74 Å². The van der Waals surface area contributed by atoms with Crippen molar-refractivity contribution in [1.82, 2.24) is 0 Å².